The van der Waals surface area contributed by atoms with Crippen molar-refractivity contribution in [3.8, 4) is 0 Å². The fraction of sp³-hybridized carbons (Fsp3) is 0.552. The molecular formula is C29H39Cl2F2N3O5. The minimum Gasteiger partial charge on any atom is -0.394 e. The Hall–Kier alpha value is -1.89. The SMILES string of the molecule is CC(C)(CCOCCO)CC1NC(C(=O)NCCC(O)CO)C(c2cccc(Cl)c2F)C1(N)c1ccc(Cl)cc1F. The van der Waals surface area contributed by atoms with E-state index in [1.54, 1.807) is 6.07 Å². The van der Waals surface area contributed by atoms with E-state index in [0.29, 0.717) is 19.4 Å². The molecule has 0 saturated carbocycles. The van der Waals surface area contributed by atoms with Crippen LogP contribution in [0.5, 0.6) is 0 Å². The summed E-state index contributed by atoms with van der Waals surface area (Å²) in [4.78, 5) is 13.6. The van der Waals surface area contributed by atoms with E-state index >= 15 is 8.78 Å². The number of rotatable bonds is 14. The molecule has 1 saturated heterocycles. The van der Waals surface area contributed by atoms with Crippen LogP contribution in [0.4, 0.5) is 8.78 Å². The molecule has 0 bridgehead atoms. The first-order valence-corrected chi connectivity index (χ1v) is 14.3. The molecule has 228 valence electrons. The second-order valence-electron chi connectivity index (χ2n) is 11.2. The Labute approximate surface area is 249 Å². The van der Waals surface area contributed by atoms with Gasteiger partial charge in [0.05, 0.1) is 42.5 Å². The number of carbonyl (C=O) groups is 1. The monoisotopic (exact) mass is 617 g/mol. The lowest BCUT2D eigenvalue weighted by Crippen LogP contribution is -2.52. The third-order valence-corrected chi connectivity index (χ3v) is 8.23. The summed E-state index contributed by atoms with van der Waals surface area (Å²) >= 11 is 12.2. The Bertz CT molecular complexity index is 1190. The van der Waals surface area contributed by atoms with Gasteiger partial charge in [0.15, 0.2) is 0 Å². The van der Waals surface area contributed by atoms with Gasteiger partial charge in [0.1, 0.15) is 11.6 Å². The minimum atomic E-state index is -1.64. The van der Waals surface area contributed by atoms with Crippen LogP contribution in [-0.4, -0.2) is 72.4 Å². The van der Waals surface area contributed by atoms with E-state index in [-0.39, 0.29) is 47.4 Å². The summed E-state index contributed by atoms with van der Waals surface area (Å²) in [5.74, 6) is -3.10. The first kappa shape index (κ1) is 33.6. The van der Waals surface area contributed by atoms with Crippen molar-refractivity contribution in [2.45, 2.75) is 62.8 Å². The maximum atomic E-state index is 15.7. The standard InChI is InChI=1S/C29H39Cl2F2N3O5/c1-28(2,9-12-41-13-11-37)15-23-29(34,20-7-6-17(30)14-22(20)32)24(19-4-3-5-21(31)25(19)33)26(36-23)27(40)35-10-8-18(39)16-38/h3-7,14,18,23-24,26,36-39H,8-13,15-16,34H2,1-2H3,(H,35,40). The number of hydrogen-bond acceptors (Lipinski definition) is 7. The molecule has 0 aromatic heterocycles. The molecule has 2 aromatic carbocycles. The summed E-state index contributed by atoms with van der Waals surface area (Å²) in [5, 5.41) is 33.9. The van der Waals surface area contributed by atoms with Crippen LogP contribution in [0.2, 0.25) is 10.0 Å². The van der Waals surface area contributed by atoms with Crippen molar-refractivity contribution in [3.63, 3.8) is 0 Å². The zero-order chi connectivity index (χ0) is 30.4. The zero-order valence-electron chi connectivity index (χ0n) is 23.2. The van der Waals surface area contributed by atoms with Crippen molar-refractivity contribution in [2.75, 3.05) is 33.0 Å². The number of nitrogens with two attached hydrogens (primary N) is 1. The number of nitrogens with one attached hydrogen (secondary N) is 2. The van der Waals surface area contributed by atoms with Crippen LogP contribution in [0, 0.1) is 17.0 Å². The van der Waals surface area contributed by atoms with Crippen LogP contribution in [0.1, 0.15) is 50.2 Å². The molecule has 5 unspecified atom stereocenters. The highest BCUT2D eigenvalue weighted by Gasteiger charge is 2.58. The quantitative estimate of drug-likeness (QED) is 0.179. The lowest BCUT2D eigenvalue weighted by Gasteiger charge is -2.40. The van der Waals surface area contributed by atoms with Gasteiger partial charge in [-0.15, -0.1) is 0 Å². The van der Waals surface area contributed by atoms with Crippen LogP contribution in [0.15, 0.2) is 36.4 Å². The van der Waals surface area contributed by atoms with Crippen LogP contribution >= 0.6 is 23.2 Å². The summed E-state index contributed by atoms with van der Waals surface area (Å²) < 4.78 is 36.8. The Morgan fingerprint density at radius 3 is 2.61 bits per heavy atom. The molecule has 12 heteroatoms. The van der Waals surface area contributed by atoms with E-state index in [2.05, 4.69) is 10.6 Å². The zero-order valence-corrected chi connectivity index (χ0v) is 24.7. The molecule has 5 atom stereocenters. The molecule has 7 N–H and O–H groups in total. The molecule has 3 rings (SSSR count). The van der Waals surface area contributed by atoms with E-state index in [0.717, 1.165) is 6.07 Å². The van der Waals surface area contributed by atoms with Crippen molar-refractivity contribution < 1.29 is 33.6 Å². The average molecular weight is 619 g/mol. The number of aliphatic hydroxyl groups is 3. The van der Waals surface area contributed by atoms with E-state index in [4.69, 9.17) is 43.9 Å². The van der Waals surface area contributed by atoms with E-state index in [1.165, 1.54) is 24.3 Å². The summed E-state index contributed by atoms with van der Waals surface area (Å²) in [7, 11) is 0. The normalized spacial score (nSPS) is 23.5. The molecule has 1 amide bonds. The molecule has 8 nitrogen and oxygen atoms in total. The van der Waals surface area contributed by atoms with Crippen molar-refractivity contribution in [1.29, 1.82) is 0 Å². The molecule has 2 aromatic rings. The first-order chi connectivity index (χ1) is 19.4. The van der Waals surface area contributed by atoms with E-state index in [1.807, 2.05) is 13.8 Å². The smallest absolute Gasteiger partial charge is 0.237 e. The number of aliphatic hydroxyl groups excluding tert-OH is 3. The lowest BCUT2D eigenvalue weighted by molar-refractivity contribution is -0.123. The predicted octanol–water partition coefficient (Wildman–Crippen LogP) is 3.22. The van der Waals surface area contributed by atoms with E-state index < -0.39 is 59.2 Å². The molecule has 0 radical (unpaired) electrons. The van der Waals surface area contributed by atoms with Crippen LogP contribution in [-0.2, 0) is 15.1 Å². The highest BCUT2D eigenvalue weighted by Crippen LogP contribution is 2.50. The molecule has 1 aliphatic heterocycles. The first-order valence-electron chi connectivity index (χ1n) is 13.5. The molecular weight excluding hydrogens is 579 g/mol. The number of benzene rings is 2. The van der Waals surface area contributed by atoms with Crippen molar-refractivity contribution in [1.82, 2.24) is 10.6 Å². The topological polar surface area (TPSA) is 137 Å². The Kier molecular flexibility index (Phi) is 11.9. The van der Waals surface area contributed by atoms with Crippen LogP contribution in [0.25, 0.3) is 0 Å². The minimum absolute atomic E-state index is 0.0364. The van der Waals surface area contributed by atoms with Crippen molar-refractivity contribution >= 4 is 29.1 Å². The number of amides is 1. The maximum absolute atomic E-state index is 15.7. The van der Waals surface area contributed by atoms with Gasteiger partial charge < -0.3 is 36.4 Å². The predicted molar refractivity (Wildman–Crippen MR) is 154 cm³/mol. The van der Waals surface area contributed by atoms with E-state index in [9.17, 15) is 9.90 Å². The Morgan fingerprint density at radius 1 is 1.22 bits per heavy atom. The third-order valence-electron chi connectivity index (χ3n) is 7.70. The highest BCUT2D eigenvalue weighted by molar-refractivity contribution is 6.31. The molecule has 41 heavy (non-hydrogen) atoms. The van der Waals surface area contributed by atoms with Gasteiger partial charge >= 0.3 is 0 Å². The summed E-state index contributed by atoms with van der Waals surface area (Å²) in [5.41, 5.74) is 5.23. The molecule has 1 heterocycles. The molecule has 0 spiro atoms. The van der Waals surface area contributed by atoms with Gasteiger partial charge in [0.25, 0.3) is 0 Å². The average Bonchev–Trinajstić information content (AvgIpc) is 3.19. The number of carbonyl (C=O) groups excluding carboxylic acids is 1. The molecule has 0 aliphatic carbocycles. The van der Waals surface area contributed by atoms with Gasteiger partial charge in [-0.05, 0) is 48.4 Å². The van der Waals surface area contributed by atoms with Crippen LogP contribution in [0.3, 0.4) is 0 Å². The van der Waals surface area contributed by atoms with Gasteiger partial charge in [-0.3, -0.25) is 4.79 Å². The lowest BCUT2D eigenvalue weighted by atomic mass is 9.67. The van der Waals surface area contributed by atoms with Gasteiger partial charge in [0, 0.05) is 35.7 Å². The summed E-state index contributed by atoms with van der Waals surface area (Å²) in [6, 6.07) is 6.64. The summed E-state index contributed by atoms with van der Waals surface area (Å²) in [6.07, 6.45) is -0.0167. The van der Waals surface area contributed by atoms with Crippen molar-refractivity contribution in [3.05, 3.63) is 69.2 Å². The largest absolute Gasteiger partial charge is 0.394 e. The number of ether oxygens (including phenoxy) is 1. The van der Waals surface area contributed by atoms with Gasteiger partial charge in [-0.2, -0.15) is 0 Å². The molecule has 1 fully saturated rings. The molecule has 1 aliphatic rings. The fourth-order valence-electron chi connectivity index (χ4n) is 5.52. The third kappa shape index (κ3) is 7.94. The van der Waals surface area contributed by atoms with Crippen LogP contribution < -0.4 is 16.4 Å². The summed E-state index contributed by atoms with van der Waals surface area (Å²) in [6.45, 7) is 3.98. The fourth-order valence-corrected chi connectivity index (χ4v) is 5.87. The maximum Gasteiger partial charge on any atom is 0.237 e. The van der Waals surface area contributed by atoms with Crippen molar-refractivity contribution in [2.24, 2.45) is 11.1 Å². The Morgan fingerprint density at radius 2 is 1.95 bits per heavy atom. The van der Waals surface area contributed by atoms with Gasteiger partial charge in [0.2, 0.25) is 5.91 Å². The van der Waals surface area contributed by atoms with Gasteiger partial charge in [-0.1, -0.05) is 55.2 Å². The number of hydrogen-bond donors (Lipinski definition) is 6. The number of halogens is 4. The van der Waals surface area contributed by atoms with Gasteiger partial charge in [-0.25, -0.2) is 8.78 Å². The Balaban J connectivity index is 2.12. The second kappa shape index (κ2) is 14.5. The second-order valence-corrected chi connectivity index (χ2v) is 12.1. The highest BCUT2D eigenvalue weighted by atomic mass is 35.5.